The second-order valence-electron chi connectivity index (χ2n) is 4.22. The Bertz CT molecular complexity index is 414. The van der Waals surface area contributed by atoms with Crippen LogP contribution < -0.4 is 11.1 Å². The van der Waals surface area contributed by atoms with Crippen LogP contribution in [0.4, 0.5) is 11.4 Å². The summed E-state index contributed by atoms with van der Waals surface area (Å²) in [6.07, 6.45) is 1.01. The molecule has 0 aliphatic carbocycles. The molecule has 0 spiro atoms. The van der Waals surface area contributed by atoms with Gasteiger partial charge < -0.3 is 20.9 Å². The third-order valence-electron chi connectivity index (χ3n) is 2.88. The van der Waals surface area contributed by atoms with Gasteiger partial charge in [0, 0.05) is 24.8 Å². The minimum atomic E-state index is -0.949. The summed E-state index contributed by atoms with van der Waals surface area (Å²) in [6.45, 7) is 2.23. The van der Waals surface area contributed by atoms with E-state index in [0.29, 0.717) is 23.8 Å². The zero-order valence-electron chi connectivity index (χ0n) is 9.48. The van der Waals surface area contributed by atoms with E-state index in [1.54, 1.807) is 12.1 Å². The zero-order valence-corrected chi connectivity index (χ0v) is 9.48. The summed E-state index contributed by atoms with van der Waals surface area (Å²) in [4.78, 5) is 11.0. The van der Waals surface area contributed by atoms with Crippen LogP contribution in [0.3, 0.4) is 0 Å². The Labute approximate surface area is 99.6 Å². The number of carboxylic acid groups (broad SMARTS) is 1. The highest BCUT2D eigenvalue weighted by Gasteiger charge is 2.16. The van der Waals surface area contributed by atoms with Crippen molar-refractivity contribution >= 4 is 17.3 Å². The Morgan fingerprint density at radius 1 is 1.59 bits per heavy atom. The molecule has 1 saturated heterocycles. The van der Waals surface area contributed by atoms with E-state index in [4.69, 9.17) is 15.6 Å². The summed E-state index contributed by atoms with van der Waals surface area (Å²) < 4.78 is 5.27. The van der Waals surface area contributed by atoms with Gasteiger partial charge in [-0.05, 0) is 24.6 Å². The summed E-state index contributed by atoms with van der Waals surface area (Å²) in [5.41, 5.74) is 7.03. The maximum Gasteiger partial charge on any atom is 0.337 e. The van der Waals surface area contributed by atoms with Crippen molar-refractivity contribution in [2.75, 3.05) is 30.8 Å². The van der Waals surface area contributed by atoms with Gasteiger partial charge in [0.1, 0.15) is 0 Å². The van der Waals surface area contributed by atoms with Crippen LogP contribution in [-0.2, 0) is 4.74 Å². The molecule has 5 heteroatoms. The van der Waals surface area contributed by atoms with Crippen molar-refractivity contribution in [1.82, 2.24) is 0 Å². The Hall–Kier alpha value is -1.75. The van der Waals surface area contributed by atoms with Gasteiger partial charge in [-0.1, -0.05) is 0 Å². The van der Waals surface area contributed by atoms with Gasteiger partial charge >= 0.3 is 5.97 Å². The van der Waals surface area contributed by atoms with Gasteiger partial charge in [0.25, 0.3) is 0 Å². The topological polar surface area (TPSA) is 84.6 Å². The van der Waals surface area contributed by atoms with Crippen LogP contribution in [0.25, 0.3) is 0 Å². The number of benzene rings is 1. The molecule has 0 radical (unpaired) electrons. The molecule has 2 rings (SSSR count). The molecule has 1 atom stereocenters. The van der Waals surface area contributed by atoms with Crippen LogP contribution in [0.1, 0.15) is 16.8 Å². The van der Waals surface area contributed by atoms with Gasteiger partial charge in [0.2, 0.25) is 0 Å². The number of carbonyl (C=O) groups is 1. The smallest absolute Gasteiger partial charge is 0.337 e. The van der Waals surface area contributed by atoms with Crippen LogP contribution >= 0.6 is 0 Å². The first-order valence-corrected chi connectivity index (χ1v) is 5.61. The number of anilines is 2. The number of hydrogen-bond donors (Lipinski definition) is 3. The maximum atomic E-state index is 11.0. The predicted octanol–water partition coefficient (Wildman–Crippen LogP) is 1.42. The van der Waals surface area contributed by atoms with Gasteiger partial charge in [0.05, 0.1) is 17.9 Å². The van der Waals surface area contributed by atoms with E-state index >= 15 is 0 Å². The van der Waals surface area contributed by atoms with Gasteiger partial charge in [-0.2, -0.15) is 0 Å². The molecule has 1 unspecified atom stereocenters. The molecule has 5 nitrogen and oxygen atoms in total. The number of rotatable bonds is 4. The maximum absolute atomic E-state index is 11.0. The minimum absolute atomic E-state index is 0.248. The quantitative estimate of drug-likeness (QED) is 0.688. The van der Waals surface area contributed by atoms with Crippen molar-refractivity contribution in [2.24, 2.45) is 5.92 Å². The second-order valence-corrected chi connectivity index (χ2v) is 4.22. The Morgan fingerprint density at radius 3 is 3.06 bits per heavy atom. The van der Waals surface area contributed by atoms with Crippen LogP contribution in [0.15, 0.2) is 18.2 Å². The van der Waals surface area contributed by atoms with Gasteiger partial charge in [-0.15, -0.1) is 0 Å². The van der Waals surface area contributed by atoms with E-state index < -0.39 is 5.97 Å². The molecule has 1 aliphatic rings. The molecule has 0 amide bonds. The van der Waals surface area contributed by atoms with E-state index in [1.807, 2.05) is 0 Å². The second kappa shape index (κ2) is 5.05. The van der Waals surface area contributed by atoms with Crippen molar-refractivity contribution in [2.45, 2.75) is 6.42 Å². The molecule has 0 bridgehead atoms. The minimum Gasteiger partial charge on any atom is -0.478 e. The summed E-state index contributed by atoms with van der Waals surface area (Å²) in [7, 11) is 0. The number of hydrogen-bond acceptors (Lipinski definition) is 4. The Kier molecular flexibility index (Phi) is 3.49. The average molecular weight is 236 g/mol. The third kappa shape index (κ3) is 2.88. The SMILES string of the molecule is Nc1ccc(C(=O)O)c(NCC2CCOC2)c1. The van der Waals surface area contributed by atoms with Crippen LogP contribution in [0.5, 0.6) is 0 Å². The highest BCUT2D eigenvalue weighted by atomic mass is 16.5. The first kappa shape index (κ1) is 11.7. The van der Waals surface area contributed by atoms with E-state index in [1.165, 1.54) is 6.07 Å². The monoisotopic (exact) mass is 236 g/mol. The standard InChI is InChI=1S/C12H16N2O3/c13-9-1-2-10(12(15)16)11(5-9)14-6-8-3-4-17-7-8/h1-2,5,8,14H,3-4,6-7,13H2,(H,15,16). The van der Waals surface area contributed by atoms with E-state index in [0.717, 1.165) is 19.6 Å². The molecule has 92 valence electrons. The molecule has 1 aromatic rings. The van der Waals surface area contributed by atoms with Crippen LogP contribution in [-0.4, -0.2) is 30.8 Å². The molecule has 1 fully saturated rings. The number of aromatic carboxylic acids is 1. The molecule has 1 aliphatic heterocycles. The van der Waals surface area contributed by atoms with Crippen molar-refractivity contribution < 1.29 is 14.6 Å². The third-order valence-corrected chi connectivity index (χ3v) is 2.88. The molecule has 0 saturated carbocycles. The van der Waals surface area contributed by atoms with Crippen molar-refractivity contribution in [3.63, 3.8) is 0 Å². The van der Waals surface area contributed by atoms with Crippen molar-refractivity contribution in [1.29, 1.82) is 0 Å². The van der Waals surface area contributed by atoms with Crippen molar-refractivity contribution in [3.8, 4) is 0 Å². The van der Waals surface area contributed by atoms with Gasteiger partial charge in [-0.25, -0.2) is 4.79 Å². The zero-order chi connectivity index (χ0) is 12.3. The lowest BCUT2D eigenvalue weighted by Gasteiger charge is -2.13. The molecule has 4 N–H and O–H groups in total. The number of nitrogen functional groups attached to an aromatic ring is 1. The lowest BCUT2D eigenvalue weighted by molar-refractivity contribution is 0.0698. The summed E-state index contributed by atoms with van der Waals surface area (Å²) in [6, 6.07) is 4.76. The number of ether oxygens (including phenoxy) is 1. The summed E-state index contributed by atoms with van der Waals surface area (Å²) in [5, 5.41) is 12.2. The summed E-state index contributed by atoms with van der Waals surface area (Å²) in [5.74, 6) is -0.506. The molecule has 1 aromatic carbocycles. The fourth-order valence-corrected chi connectivity index (χ4v) is 1.89. The summed E-state index contributed by atoms with van der Waals surface area (Å²) >= 11 is 0. The fraction of sp³-hybridized carbons (Fsp3) is 0.417. The highest BCUT2D eigenvalue weighted by Crippen LogP contribution is 2.21. The lowest BCUT2D eigenvalue weighted by atomic mass is 10.1. The lowest BCUT2D eigenvalue weighted by Crippen LogP contribution is -2.16. The molecule has 17 heavy (non-hydrogen) atoms. The number of carboxylic acids is 1. The van der Waals surface area contributed by atoms with E-state index in [-0.39, 0.29) is 5.56 Å². The van der Waals surface area contributed by atoms with Crippen LogP contribution in [0, 0.1) is 5.92 Å². The van der Waals surface area contributed by atoms with E-state index in [9.17, 15) is 4.79 Å². The molecule has 0 aromatic heterocycles. The Morgan fingerprint density at radius 2 is 2.41 bits per heavy atom. The molecule has 1 heterocycles. The van der Waals surface area contributed by atoms with E-state index in [2.05, 4.69) is 5.32 Å². The Balaban J connectivity index is 2.07. The molecular formula is C12H16N2O3. The van der Waals surface area contributed by atoms with Crippen molar-refractivity contribution in [3.05, 3.63) is 23.8 Å². The predicted molar refractivity (Wildman–Crippen MR) is 65.2 cm³/mol. The van der Waals surface area contributed by atoms with Gasteiger partial charge in [-0.3, -0.25) is 0 Å². The first-order chi connectivity index (χ1) is 8.16. The fourth-order valence-electron chi connectivity index (χ4n) is 1.89. The highest BCUT2D eigenvalue weighted by molar-refractivity contribution is 5.95. The number of nitrogens with one attached hydrogen (secondary N) is 1. The largest absolute Gasteiger partial charge is 0.478 e. The molecular weight excluding hydrogens is 220 g/mol. The number of nitrogens with two attached hydrogens (primary N) is 1. The normalized spacial score (nSPS) is 19.2. The first-order valence-electron chi connectivity index (χ1n) is 5.61. The van der Waals surface area contributed by atoms with Crippen LogP contribution in [0.2, 0.25) is 0 Å². The average Bonchev–Trinajstić information content (AvgIpc) is 2.78. The van der Waals surface area contributed by atoms with Gasteiger partial charge in [0.15, 0.2) is 0 Å².